The van der Waals surface area contributed by atoms with E-state index in [1.807, 2.05) is 0 Å². The Kier molecular flexibility index (Phi) is 8.31. The molecule has 0 fully saturated rings. The van der Waals surface area contributed by atoms with Gasteiger partial charge in [-0.3, -0.25) is 4.79 Å². The van der Waals surface area contributed by atoms with E-state index in [1.165, 1.54) is 36.3 Å². The van der Waals surface area contributed by atoms with Crippen molar-refractivity contribution in [3.05, 3.63) is 89.0 Å². The highest BCUT2D eigenvalue weighted by Gasteiger charge is 2.42. The van der Waals surface area contributed by atoms with Gasteiger partial charge in [-0.05, 0) is 82.5 Å². The van der Waals surface area contributed by atoms with Crippen molar-refractivity contribution in [3.8, 4) is 17.4 Å². The van der Waals surface area contributed by atoms with Crippen LogP contribution in [0.4, 0.5) is 18.9 Å². The van der Waals surface area contributed by atoms with Crippen molar-refractivity contribution in [1.82, 2.24) is 19.7 Å². The number of nitrogens with one attached hydrogen (secondary N) is 1. The number of esters is 1. The summed E-state index contributed by atoms with van der Waals surface area (Å²) in [5.74, 6) is -0.651. The van der Waals surface area contributed by atoms with Gasteiger partial charge >= 0.3 is 18.2 Å². The Labute approximate surface area is 251 Å². The summed E-state index contributed by atoms with van der Waals surface area (Å²) in [5, 5.41) is 6.64. The highest BCUT2D eigenvalue weighted by atomic mass is 19.4. The number of alkyl halides is 3. The molecule has 10 nitrogen and oxygen atoms in total. The van der Waals surface area contributed by atoms with Gasteiger partial charge in [-0.15, -0.1) is 0 Å². The van der Waals surface area contributed by atoms with Crippen molar-refractivity contribution in [2.45, 2.75) is 57.9 Å². The van der Waals surface area contributed by atoms with Crippen molar-refractivity contribution >= 4 is 17.6 Å². The fourth-order valence-electron chi connectivity index (χ4n) is 4.82. The predicted molar refractivity (Wildman–Crippen MR) is 153 cm³/mol. The van der Waals surface area contributed by atoms with Crippen molar-refractivity contribution in [1.29, 1.82) is 0 Å². The molecule has 0 saturated heterocycles. The Bertz CT molecular complexity index is 1660. The molecule has 230 valence electrons. The van der Waals surface area contributed by atoms with Crippen LogP contribution in [0, 0.1) is 0 Å². The van der Waals surface area contributed by atoms with E-state index < -0.39 is 35.5 Å². The minimum Gasteiger partial charge on any atom is -0.484 e. The third-order valence-corrected chi connectivity index (χ3v) is 6.68. The van der Waals surface area contributed by atoms with Crippen LogP contribution in [0.2, 0.25) is 0 Å². The number of ether oxygens (including phenoxy) is 3. The van der Waals surface area contributed by atoms with E-state index in [0.717, 1.165) is 0 Å². The van der Waals surface area contributed by atoms with Crippen LogP contribution < -0.4 is 14.8 Å². The molecule has 0 saturated carbocycles. The first-order valence-corrected chi connectivity index (χ1v) is 13.8. The number of nitrogens with zero attached hydrogens (tertiary/aromatic N) is 4. The van der Waals surface area contributed by atoms with Gasteiger partial charge in [0.25, 0.3) is 5.91 Å². The van der Waals surface area contributed by atoms with Gasteiger partial charge in [0.15, 0.2) is 5.69 Å². The number of aromatic nitrogens is 4. The van der Waals surface area contributed by atoms with E-state index in [0.29, 0.717) is 29.8 Å². The average molecular weight is 610 g/mol. The van der Waals surface area contributed by atoms with Gasteiger partial charge in [0.2, 0.25) is 0 Å². The lowest BCUT2D eigenvalue weighted by Crippen LogP contribution is -2.23. The van der Waals surface area contributed by atoms with Gasteiger partial charge in [0.05, 0.1) is 42.1 Å². The number of methoxy groups -OCH3 is 1. The summed E-state index contributed by atoms with van der Waals surface area (Å²) in [6.07, 6.45) is -1.68. The molecule has 0 radical (unpaired) electrons. The summed E-state index contributed by atoms with van der Waals surface area (Å²) in [5.41, 5.74) is -0.299. The molecule has 13 heteroatoms. The van der Waals surface area contributed by atoms with Gasteiger partial charge in [-0.1, -0.05) is 6.07 Å². The van der Waals surface area contributed by atoms with Crippen LogP contribution in [0.5, 0.6) is 11.8 Å². The summed E-state index contributed by atoms with van der Waals surface area (Å²) < 4.78 is 60.2. The first kappa shape index (κ1) is 30.5. The third kappa shape index (κ3) is 6.82. The number of halogens is 3. The largest absolute Gasteiger partial charge is 0.484 e. The maximum Gasteiger partial charge on any atom is 0.435 e. The van der Waals surface area contributed by atoms with Crippen molar-refractivity contribution in [3.63, 3.8) is 0 Å². The van der Waals surface area contributed by atoms with Crippen LogP contribution in [0.3, 0.4) is 0 Å². The molecule has 2 heterocycles. The molecule has 2 aromatic carbocycles. The molecule has 1 aliphatic rings. The van der Waals surface area contributed by atoms with Crippen LogP contribution in [-0.2, 0) is 17.3 Å². The van der Waals surface area contributed by atoms with Crippen LogP contribution >= 0.6 is 0 Å². The second-order valence-electron chi connectivity index (χ2n) is 11.1. The van der Waals surface area contributed by atoms with Crippen molar-refractivity contribution in [2.75, 3.05) is 12.4 Å². The highest BCUT2D eigenvalue weighted by Crippen LogP contribution is 2.42. The number of anilines is 1. The van der Waals surface area contributed by atoms with Gasteiger partial charge in [0, 0.05) is 11.1 Å². The number of carbonyl (C=O) groups excluding carboxylic acids is 2. The van der Waals surface area contributed by atoms with Crippen LogP contribution in [0.25, 0.3) is 5.69 Å². The van der Waals surface area contributed by atoms with E-state index in [2.05, 4.69) is 20.4 Å². The molecule has 1 N–H and O–H groups in total. The Morgan fingerprint density at radius 2 is 1.70 bits per heavy atom. The lowest BCUT2D eigenvalue weighted by Gasteiger charge is -2.26. The number of hydrogen-bond acceptors (Lipinski definition) is 8. The first-order chi connectivity index (χ1) is 20.8. The van der Waals surface area contributed by atoms with Gasteiger partial charge in [0.1, 0.15) is 17.5 Å². The fraction of sp³-hybridized carbons (Fsp3) is 0.323. The number of carbonyl (C=O) groups is 2. The van der Waals surface area contributed by atoms with Gasteiger partial charge in [-0.25, -0.2) is 19.4 Å². The quantitative estimate of drug-likeness (QED) is 0.241. The zero-order valence-corrected chi connectivity index (χ0v) is 24.4. The summed E-state index contributed by atoms with van der Waals surface area (Å²) in [6, 6.07) is 12.5. The van der Waals surface area contributed by atoms with E-state index in [9.17, 15) is 22.8 Å². The first-order valence-electron chi connectivity index (χ1n) is 13.8. The number of rotatable bonds is 7. The Balaban J connectivity index is 1.45. The second-order valence-corrected chi connectivity index (χ2v) is 11.1. The minimum absolute atomic E-state index is 0.0457. The molecular weight excluding hydrogens is 579 g/mol. The highest BCUT2D eigenvalue weighted by molar-refractivity contribution is 6.04. The van der Waals surface area contributed by atoms with E-state index >= 15 is 0 Å². The van der Waals surface area contributed by atoms with Crippen LogP contribution in [0.1, 0.15) is 77.4 Å². The molecule has 44 heavy (non-hydrogen) atoms. The normalized spacial score (nSPS) is 14.8. The average Bonchev–Trinajstić information content (AvgIpc) is 3.39. The Morgan fingerprint density at radius 1 is 1.00 bits per heavy atom. The molecule has 0 aliphatic heterocycles. The second kappa shape index (κ2) is 12.0. The zero-order chi connectivity index (χ0) is 31.6. The topological polar surface area (TPSA) is 117 Å². The standard InChI is InChI=1S/C31H30F3N5O5/c1-30(2,3)44-28(41)18-11-13-22(14-12-18)43-24-10-6-9-23-25(24)39(38-26(23)31(32,33)34)21-8-5-7-19(15-21)27(40)37-20-16-35-29(42-4)36-17-20/h5,7-8,11-17,24H,6,9-10H2,1-4H3,(H,37,40). The third-order valence-electron chi connectivity index (χ3n) is 6.68. The number of hydrogen-bond donors (Lipinski definition) is 1. The monoisotopic (exact) mass is 609 g/mol. The summed E-state index contributed by atoms with van der Waals surface area (Å²) >= 11 is 0. The van der Waals surface area contributed by atoms with Crippen molar-refractivity contribution < 1.29 is 37.0 Å². The molecule has 1 unspecified atom stereocenters. The molecular formula is C31H30F3N5O5. The number of fused-ring (bicyclic) bond motifs is 1. The van der Waals surface area contributed by atoms with Gasteiger partial charge in [-0.2, -0.15) is 18.3 Å². The van der Waals surface area contributed by atoms with Crippen LogP contribution in [-0.4, -0.2) is 44.3 Å². The van der Waals surface area contributed by atoms with Gasteiger partial charge < -0.3 is 19.5 Å². The van der Waals surface area contributed by atoms with E-state index in [-0.39, 0.29) is 34.9 Å². The molecule has 1 aliphatic carbocycles. The molecule has 5 rings (SSSR count). The predicted octanol–water partition coefficient (Wildman–Crippen LogP) is 6.35. The zero-order valence-electron chi connectivity index (χ0n) is 24.4. The molecule has 2 aromatic heterocycles. The summed E-state index contributed by atoms with van der Waals surface area (Å²) in [7, 11) is 1.41. The molecule has 0 spiro atoms. The minimum atomic E-state index is -4.70. The Hall–Kier alpha value is -4.94. The summed E-state index contributed by atoms with van der Waals surface area (Å²) in [6.45, 7) is 5.29. The van der Waals surface area contributed by atoms with Crippen molar-refractivity contribution in [2.24, 2.45) is 0 Å². The lowest BCUT2D eigenvalue weighted by molar-refractivity contribution is -0.142. The molecule has 4 aromatic rings. The fourth-order valence-corrected chi connectivity index (χ4v) is 4.82. The van der Waals surface area contributed by atoms with E-state index in [1.54, 1.807) is 57.2 Å². The SMILES string of the molecule is COc1ncc(NC(=O)c2cccc(-n3nc(C(F)(F)F)c4c3C(Oc3ccc(C(=O)OC(C)(C)C)cc3)CCC4)c2)cn1. The number of amides is 1. The lowest BCUT2D eigenvalue weighted by atomic mass is 9.92. The molecule has 0 bridgehead atoms. The Morgan fingerprint density at radius 3 is 2.34 bits per heavy atom. The smallest absolute Gasteiger partial charge is 0.435 e. The molecule has 1 amide bonds. The maximum absolute atomic E-state index is 14.2. The number of benzene rings is 2. The van der Waals surface area contributed by atoms with Crippen LogP contribution in [0.15, 0.2) is 60.9 Å². The summed E-state index contributed by atoms with van der Waals surface area (Å²) in [4.78, 5) is 33.3. The van der Waals surface area contributed by atoms with E-state index in [4.69, 9.17) is 14.2 Å². The molecule has 1 atom stereocenters. The maximum atomic E-state index is 14.2.